The van der Waals surface area contributed by atoms with Crippen LogP contribution in [-0.4, -0.2) is 11.8 Å². The van der Waals surface area contributed by atoms with Gasteiger partial charge in [-0.3, -0.25) is 9.59 Å². The van der Waals surface area contributed by atoms with Crippen molar-refractivity contribution in [1.82, 2.24) is 0 Å². The Bertz CT molecular complexity index is 880. The number of benzene rings is 2. The Morgan fingerprint density at radius 2 is 1.33 bits per heavy atom. The van der Waals surface area contributed by atoms with E-state index in [1.54, 1.807) is 0 Å². The Balaban J connectivity index is 2.12. The molecule has 0 aliphatic carbocycles. The van der Waals surface area contributed by atoms with Gasteiger partial charge in [0.2, 0.25) is 0 Å². The van der Waals surface area contributed by atoms with Crippen molar-refractivity contribution in [2.75, 3.05) is 10.6 Å². The fourth-order valence-corrected chi connectivity index (χ4v) is 2.19. The highest BCUT2D eigenvalue weighted by molar-refractivity contribution is 6.43. The predicted molar refractivity (Wildman–Crippen MR) is 85.2 cm³/mol. The minimum absolute atomic E-state index is 0.308. The van der Waals surface area contributed by atoms with E-state index in [2.05, 4.69) is 0 Å². The maximum Gasteiger partial charge on any atom is 0.417 e. The van der Waals surface area contributed by atoms with Crippen LogP contribution in [0.2, 0.25) is 5.02 Å². The molecular formula is C16H9ClF6N2O2. The molecule has 0 heterocycles. The van der Waals surface area contributed by atoms with Gasteiger partial charge in [0.15, 0.2) is 0 Å². The quantitative estimate of drug-likeness (QED) is 0.543. The molecule has 27 heavy (non-hydrogen) atoms. The molecule has 0 saturated heterocycles. The second kappa shape index (κ2) is 7.47. The van der Waals surface area contributed by atoms with Gasteiger partial charge in [-0.1, -0.05) is 17.7 Å². The van der Waals surface area contributed by atoms with Crippen molar-refractivity contribution in [2.24, 2.45) is 0 Å². The summed E-state index contributed by atoms with van der Waals surface area (Å²) in [6.07, 6.45) is -9.43. The third kappa shape index (κ3) is 5.36. The molecule has 2 aromatic carbocycles. The second-order valence-electron chi connectivity index (χ2n) is 5.18. The zero-order chi connectivity index (χ0) is 20.4. The van der Waals surface area contributed by atoms with Gasteiger partial charge in [-0.05, 0) is 36.4 Å². The summed E-state index contributed by atoms with van der Waals surface area (Å²) in [4.78, 5) is 23.6. The van der Waals surface area contributed by atoms with Gasteiger partial charge in [0.05, 0.1) is 16.1 Å². The smallest absolute Gasteiger partial charge is 0.318 e. The normalized spacial score (nSPS) is 11.8. The van der Waals surface area contributed by atoms with Gasteiger partial charge in [0, 0.05) is 11.4 Å². The van der Waals surface area contributed by atoms with Crippen molar-refractivity contribution in [1.29, 1.82) is 0 Å². The first-order chi connectivity index (χ1) is 12.4. The number of alkyl halides is 6. The van der Waals surface area contributed by atoms with E-state index in [4.69, 9.17) is 11.6 Å². The van der Waals surface area contributed by atoms with Crippen LogP contribution in [0.5, 0.6) is 0 Å². The average Bonchev–Trinajstić information content (AvgIpc) is 2.55. The Morgan fingerprint density at radius 1 is 0.778 bits per heavy atom. The van der Waals surface area contributed by atoms with Gasteiger partial charge in [-0.2, -0.15) is 26.3 Å². The maximum absolute atomic E-state index is 12.8. The Hall–Kier alpha value is -2.75. The molecule has 0 aromatic heterocycles. The SMILES string of the molecule is O=C(Nc1cccc(C(F)(F)F)c1)C(=O)Nc1ccc(Cl)c(C(F)(F)F)c1. The van der Waals surface area contributed by atoms with Crippen LogP contribution >= 0.6 is 11.6 Å². The van der Waals surface area contributed by atoms with E-state index < -0.39 is 40.3 Å². The highest BCUT2D eigenvalue weighted by Crippen LogP contribution is 2.36. The molecule has 0 fully saturated rings. The molecule has 0 spiro atoms. The molecule has 0 aliphatic rings. The van der Waals surface area contributed by atoms with Gasteiger partial charge in [-0.25, -0.2) is 0 Å². The Labute approximate surface area is 153 Å². The summed E-state index contributed by atoms with van der Waals surface area (Å²) in [5.74, 6) is -2.74. The Kier molecular flexibility index (Phi) is 5.69. The first kappa shape index (κ1) is 20.6. The van der Waals surface area contributed by atoms with Gasteiger partial charge in [0.25, 0.3) is 0 Å². The molecule has 0 bridgehead atoms. The number of nitrogens with one attached hydrogen (secondary N) is 2. The molecule has 0 aliphatic heterocycles. The van der Waals surface area contributed by atoms with E-state index in [1.807, 2.05) is 10.6 Å². The van der Waals surface area contributed by atoms with Crippen molar-refractivity contribution in [2.45, 2.75) is 12.4 Å². The molecule has 4 nitrogen and oxygen atoms in total. The summed E-state index contributed by atoms with van der Waals surface area (Å²) in [5.41, 5.74) is -2.94. The lowest BCUT2D eigenvalue weighted by Gasteiger charge is -2.12. The number of halogens is 7. The zero-order valence-electron chi connectivity index (χ0n) is 13.0. The van der Waals surface area contributed by atoms with Crippen LogP contribution in [0.4, 0.5) is 37.7 Å². The van der Waals surface area contributed by atoms with Crippen molar-refractivity contribution >= 4 is 34.8 Å². The molecule has 0 radical (unpaired) electrons. The molecule has 0 atom stereocenters. The highest BCUT2D eigenvalue weighted by atomic mass is 35.5. The first-order valence-electron chi connectivity index (χ1n) is 7.04. The number of anilines is 2. The van der Waals surface area contributed by atoms with Gasteiger partial charge in [-0.15, -0.1) is 0 Å². The van der Waals surface area contributed by atoms with Crippen LogP contribution in [0, 0.1) is 0 Å². The summed E-state index contributed by atoms with van der Waals surface area (Å²) in [6, 6.07) is 5.95. The second-order valence-corrected chi connectivity index (χ2v) is 5.59. The molecule has 0 saturated carbocycles. The lowest BCUT2D eigenvalue weighted by Crippen LogP contribution is -2.29. The molecule has 2 rings (SSSR count). The maximum atomic E-state index is 12.8. The third-order valence-electron chi connectivity index (χ3n) is 3.18. The lowest BCUT2D eigenvalue weighted by molar-refractivity contribution is -0.138. The minimum atomic E-state index is -4.78. The summed E-state index contributed by atoms with van der Waals surface area (Å²) in [5, 5.41) is 3.24. The van der Waals surface area contributed by atoms with E-state index in [0.717, 1.165) is 30.3 Å². The monoisotopic (exact) mass is 410 g/mol. The summed E-state index contributed by atoms with van der Waals surface area (Å²) in [6.45, 7) is 0. The summed E-state index contributed by atoms with van der Waals surface area (Å²) < 4.78 is 76.2. The Morgan fingerprint density at radius 3 is 1.85 bits per heavy atom. The highest BCUT2D eigenvalue weighted by Gasteiger charge is 2.34. The average molecular weight is 411 g/mol. The van der Waals surface area contributed by atoms with Crippen molar-refractivity contribution in [3.8, 4) is 0 Å². The molecule has 2 amide bonds. The summed E-state index contributed by atoms with van der Waals surface area (Å²) >= 11 is 5.44. The van der Waals surface area contributed by atoms with E-state index in [-0.39, 0.29) is 11.4 Å². The number of rotatable bonds is 2. The van der Waals surface area contributed by atoms with Crippen LogP contribution in [0.3, 0.4) is 0 Å². The van der Waals surface area contributed by atoms with Crippen LogP contribution in [0.1, 0.15) is 11.1 Å². The molecular weight excluding hydrogens is 402 g/mol. The third-order valence-corrected chi connectivity index (χ3v) is 3.51. The number of carbonyl (C=O) groups is 2. The van der Waals surface area contributed by atoms with E-state index >= 15 is 0 Å². The fourth-order valence-electron chi connectivity index (χ4n) is 1.97. The number of amides is 2. The molecule has 0 unspecified atom stereocenters. The topological polar surface area (TPSA) is 58.2 Å². The van der Waals surface area contributed by atoms with E-state index in [9.17, 15) is 35.9 Å². The molecule has 11 heteroatoms. The van der Waals surface area contributed by atoms with E-state index in [0.29, 0.717) is 12.1 Å². The number of hydrogen-bond acceptors (Lipinski definition) is 2. The molecule has 2 aromatic rings. The van der Waals surface area contributed by atoms with E-state index in [1.165, 1.54) is 0 Å². The van der Waals surface area contributed by atoms with Crippen LogP contribution < -0.4 is 10.6 Å². The predicted octanol–water partition coefficient (Wildman–Crippen LogP) is 4.95. The lowest BCUT2D eigenvalue weighted by atomic mass is 10.2. The first-order valence-corrected chi connectivity index (χ1v) is 7.42. The summed E-state index contributed by atoms with van der Waals surface area (Å²) in [7, 11) is 0. The van der Waals surface area contributed by atoms with Crippen molar-refractivity contribution in [3.05, 3.63) is 58.6 Å². The van der Waals surface area contributed by atoms with Crippen LogP contribution in [0.25, 0.3) is 0 Å². The van der Waals surface area contributed by atoms with Crippen molar-refractivity contribution < 1.29 is 35.9 Å². The van der Waals surface area contributed by atoms with Gasteiger partial charge in [0.1, 0.15) is 0 Å². The molecule has 144 valence electrons. The largest absolute Gasteiger partial charge is 0.417 e. The van der Waals surface area contributed by atoms with Crippen molar-refractivity contribution in [3.63, 3.8) is 0 Å². The molecule has 2 N–H and O–H groups in total. The van der Waals surface area contributed by atoms with Crippen LogP contribution in [0.15, 0.2) is 42.5 Å². The fraction of sp³-hybridized carbons (Fsp3) is 0.125. The zero-order valence-corrected chi connectivity index (χ0v) is 13.8. The van der Waals surface area contributed by atoms with Crippen LogP contribution in [-0.2, 0) is 21.9 Å². The standard InChI is InChI=1S/C16H9ClF6N2O2/c17-12-5-4-10(7-11(12)16(21,22)23)25-14(27)13(26)24-9-3-1-2-8(6-9)15(18,19)20/h1-7H,(H,24,26)(H,25,27). The minimum Gasteiger partial charge on any atom is -0.318 e. The number of carbonyl (C=O) groups excluding carboxylic acids is 2. The van der Waals surface area contributed by atoms with Gasteiger partial charge >= 0.3 is 24.2 Å². The van der Waals surface area contributed by atoms with Gasteiger partial charge < -0.3 is 10.6 Å². The number of hydrogen-bond donors (Lipinski definition) is 2.